The van der Waals surface area contributed by atoms with Crippen LogP contribution < -0.4 is 4.74 Å². The van der Waals surface area contributed by atoms with Gasteiger partial charge < -0.3 is 14.4 Å². The van der Waals surface area contributed by atoms with Crippen LogP contribution in [-0.2, 0) is 11.3 Å². The Kier molecular flexibility index (Phi) is 5.88. The molecule has 7 heteroatoms. The van der Waals surface area contributed by atoms with Gasteiger partial charge in [-0.1, -0.05) is 12.1 Å². The van der Waals surface area contributed by atoms with Crippen LogP contribution in [0.4, 0.5) is 4.79 Å². The number of carbonyl (C=O) groups is 1. The molecular formula is C21H26N4O3. The van der Waals surface area contributed by atoms with E-state index in [1.165, 1.54) is 0 Å². The molecule has 1 aliphatic rings. The fourth-order valence-corrected chi connectivity index (χ4v) is 3.16. The molecule has 1 aromatic heterocycles. The zero-order valence-corrected chi connectivity index (χ0v) is 16.6. The predicted octanol–water partition coefficient (Wildman–Crippen LogP) is 4.19. The summed E-state index contributed by atoms with van der Waals surface area (Å²) >= 11 is 0. The van der Waals surface area contributed by atoms with Gasteiger partial charge in [0.15, 0.2) is 5.75 Å². The normalized spacial score (nSPS) is 15.1. The molecule has 148 valence electrons. The van der Waals surface area contributed by atoms with Crippen molar-refractivity contribution in [3.8, 4) is 17.6 Å². The SMILES string of the molecule is CC(C)(C)OC(=O)N1CCC(Cn2cc(Oc3ccccc3C#N)cn2)CC1. The number of hydrogen-bond donors (Lipinski definition) is 0. The van der Waals surface area contributed by atoms with E-state index >= 15 is 0 Å². The number of likely N-dealkylation sites (tertiary alicyclic amines) is 1. The van der Waals surface area contributed by atoms with E-state index in [-0.39, 0.29) is 6.09 Å². The zero-order chi connectivity index (χ0) is 20.1. The molecule has 2 heterocycles. The third kappa shape index (κ3) is 5.26. The molecule has 0 unspecified atom stereocenters. The van der Waals surface area contributed by atoms with Gasteiger partial charge >= 0.3 is 6.09 Å². The van der Waals surface area contributed by atoms with E-state index in [0.29, 0.717) is 36.1 Å². The Morgan fingerprint density at radius 3 is 2.68 bits per heavy atom. The first-order valence-corrected chi connectivity index (χ1v) is 9.51. The second-order valence-corrected chi connectivity index (χ2v) is 8.02. The van der Waals surface area contributed by atoms with Crippen molar-refractivity contribution in [2.45, 2.75) is 45.8 Å². The van der Waals surface area contributed by atoms with Crippen LogP contribution in [0.2, 0.25) is 0 Å². The van der Waals surface area contributed by atoms with Crippen molar-refractivity contribution in [1.82, 2.24) is 14.7 Å². The largest absolute Gasteiger partial charge is 0.453 e. The number of benzene rings is 1. The number of piperidine rings is 1. The summed E-state index contributed by atoms with van der Waals surface area (Å²) in [6.07, 6.45) is 5.08. The third-order valence-electron chi connectivity index (χ3n) is 4.56. The molecule has 1 saturated heterocycles. The zero-order valence-electron chi connectivity index (χ0n) is 16.6. The summed E-state index contributed by atoms with van der Waals surface area (Å²) in [6, 6.07) is 9.24. The second kappa shape index (κ2) is 8.34. The molecule has 7 nitrogen and oxygen atoms in total. The van der Waals surface area contributed by atoms with Crippen molar-refractivity contribution in [2.75, 3.05) is 13.1 Å². The summed E-state index contributed by atoms with van der Waals surface area (Å²) in [7, 11) is 0. The Bertz CT molecular complexity index is 855. The summed E-state index contributed by atoms with van der Waals surface area (Å²) in [6.45, 7) is 7.79. The molecule has 1 fully saturated rings. The maximum atomic E-state index is 12.2. The standard InChI is InChI=1S/C21H26N4O3/c1-21(2,3)28-20(26)24-10-8-16(9-11-24)14-25-15-18(13-23-25)27-19-7-5-4-6-17(19)12-22/h4-7,13,15-16H,8-11,14H2,1-3H3. The Balaban J connectivity index is 1.51. The van der Waals surface area contributed by atoms with Crippen LogP contribution in [-0.4, -0.2) is 39.5 Å². The molecule has 0 saturated carbocycles. The molecule has 1 amide bonds. The highest BCUT2D eigenvalue weighted by Crippen LogP contribution is 2.25. The maximum Gasteiger partial charge on any atom is 0.410 e. The van der Waals surface area contributed by atoms with E-state index in [1.807, 2.05) is 37.7 Å². The third-order valence-corrected chi connectivity index (χ3v) is 4.56. The molecular weight excluding hydrogens is 356 g/mol. The van der Waals surface area contributed by atoms with Crippen LogP contribution in [0, 0.1) is 17.2 Å². The van der Waals surface area contributed by atoms with E-state index in [4.69, 9.17) is 14.7 Å². The lowest BCUT2D eigenvalue weighted by molar-refractivity contribution is 0.0177. The van der Waals surface area contributed by atoms with Crippen LogP contribution >= 0.6 is 0 Å². The van der Waals surface area contributed by atoms with Gasteiger partial charge in [0.05, 0.1) is 18.0 Å². The van der Waals surface area contributed by atoms with Crippen molar-refractivity contribution in [2.24, 2.45) is 5.92 Å². The number of rotatable bonds is 4. The molecule has 0 spiro atoms. The second-order valence-electron chi connectivity index (χ2n) is 8.02. The first-order valence-electron chi connectivity index (χ1n) is 9.51. The molecule has 0 N–H and O–H groups in total. The molecule has 1 aliphatic heterocycles. The maximum absolute atomic E-state index is 12.2. The van der Waals surface area contributed by atoms with Crippen LogP contribution in [0.25, 0.3) is 0 Å². The minimum absolute atomic E-state index is 0.239. The highest BCUT2D eigenvalue weighted by Gasteiger charge is 2.27. The molecule has 0 bridgehead atoms. The smallest absolute Gasteiger partial charge is 0.410 e. The number of amides is 1. The molecule has 28 heavy (non-hydrogen) atoms. The summed E-state index contributed by atoms with van der Waals surface area (Å²) in [5, 5.41) is 13.5. The summed E-state index contributed by atoms with van der Waals surface area (Å²) < 4.78 is 13.1. The van der Waals surface area contributed by atoms with E-state index in [9.17, 15) is 4.79 Å². The van der Waals surface area contributed by atoms with Gasteiger partial charge in [-0.2, -0.15) is 10.4 Å². The number of aromatic nitrogens is 2. The lowest BCUT2D eigenvalue weighted by Crippen LogP contribution is -2.42. The number of nitriles is 1. The first-order chi connectivity index (χ1) is 13.3. The van der Waals surface area contributed by atoms with E-state index in [1.54, 1.807) is 29.3 Å². The number of carbonyl (C=O) groups excluding carboxylic acids is 1. The molecule has 3 rings (SSSR count). The van der Waals surface area contributed by atoms with Crippen molar-refractivity contribution < 1.29 is 14.3 Å². The van der Waals surface area contributed by atoms with Crippen LogP contribution in [0.1, 0.15) is 39.2 Å². The number of ether oxygens (including phenoxy) is 2. The van der Waals surface area contributed by atoms with Gasteiger partial charge in [-0.25, -0.2) is 4.79 Å². The van der Waals surface area contributed by atoms with Crippen molar-refractivity contribution >= 4 is 6.09 Å². The van der Waals surface area contributed by atoms with Gasteiger partial charge in [-0.3, -0.25) is 4.68 Å². The summed E-state index contributed by atoms with van der Waals surface area (Å²) in [5.41, 5.74) is 0.0218. The molecule has 0 aliphatic carbocycles. The predicted molar refractivity (Wildman–Crippen MR) is 104 cm³/mol. The lowest BCUT2D eigenvalue weighted by Gasteiger charge is -2.33. The number of para-hydroxylation sites is 1. The van der Waals surface area contributed by atoms with E-state index in [0.717, 1.165) is 19.4 Å². The van der Waals surface area contributed by atoms with E-state index < -0.39 is 5.60 Å². The average molecular weight is 382 g/mol. The Labute approximate surface area is 165 Å². The van der Waals surface area contributed by atoms with E-state index in [2.05, 4.69) is 11.2 Å². The lowest BCUT2D eigenvalue weighted by atomic mass is 9.97. The Morgan fingerprint density at radius 1 is 1.29 bits per heavy atom. The minimum Gasteiger partial charge on any atom is -0.453 e. The highest BCUT2D eigenvalue weighted by molar-refractivity contribution is 5.68. The topological polar surface area (TPSA) is 80.4 Å². The van der Waals surface area contributed by atoms with Crippen LogP contribution in [0.5, 0.6) is 11.5 Å². The van der Waals surface area contributed by atoms with Crippen molar-refractivity contribution in [3.63, 3.8) is 0 Å². The van der Waals surface area contributed by atoms with Gasteiger partial charge in [-0.05, 0) is 51.7 Å². The monoisotopic (exact) mass is 382 g/mol. The Hall–Kier alpha value is -3.01. The van der Waals surface area contributed by atoms with Gasteiger partial charge in [-0.15, -0.1) is 0 Å². The molecule has 2 aromatic rings. The molecule has 1 aromatic carbocycles. The molecule has 0 radical (unpaired) electrons. The van der Waals surface area contributed by atoms with Crippen molar-refractivity contribution in [1.29, 1.82) is 5.26 Å². The fraction of sp³-hybridized carbons (Fsp3) is 0.476. The number of nitrogens with zero attached hydrogens (tertiary/aromatic N) is 4. The van der Waals surface area contributed by atoms with Gasteiger partial charge in [0.25, 0.3) is 0 Å². The molecule has 0 atom stereocenters. The van der Waals surface area contributed by atoms with Crippen LogP contribution in [0.3, 0.4) is 0 Å². The Morgan fingerprint density at radius 2 is 2.00 bits per heavy atom. The highest BCUT2D eigenvalue weighted by atomic mass is 16.6. The van der Waals surface area contributed by atoms with Gasteiger partial charge in [0, 0.05) is 19.6 Å². The average Bonchev–Trinajstić information content (AvgIpc) is 3.08. The van der Waals surface area contributed by atoms with Crippen molar-refractivity contribution in [3.05, 3.63) is 42.2 Å². The minimum atomic E-state index is -0.469. The quantitative estimate of drug-likeness (QED) is 0.792. The first kappa shape index (κ1) is 19.7. The van der Waals surface area contributed by atoms with Gasteiger partial charge in [0.2, 0.25) is 0 Å². The van der Waals surface area contributed by atoms with Gasteiger partial charge in [0.1, 0.15) is 17.4 Å². The number of hydrogen-bond acceptors (Lipinski definition) is 5. The summed E-state index contributed by atoms with van der Waals surface area (Å²) in [5.74, 6) is 1.57. The summed E-state index contributed by atoms with van der Waals surface area (Å²) in [4.78, 5) is 13.9. The fourth-order valence-electron chi connectivity index (χ4n) is 3.16. The van der Waals surface area contributed by atoms with Crippen LogP contribution in [0.15, 0.2) is 36.7 Å².